The summed E-state index contributed by atoms with van der Waals surface area (Å²) in [5, 5.41) is 0. The highest BCUT2D eigenvalue weighted by molar-refractivity contribution is 7.45. The minimum atomic E-state index is -4.26. The van der Waals surface area contributed by atoms with Crippen LogP contribution in [0.2, 0.25) is 0 Å². The minimum Gasteiger partial charge on any atom is -0.756 e. The van der Waals surface area contributed by atoms with Crippen molar-refractivity contribution in [1.82, 2.24) is 0 Å². The standard InChI is InChI=1S/C11H23O6P/c1-5-7-16-18(13,14)17-9-8-15-10(12)11(3,4)6-2/h5-9H2,1-4H3,(H,13,14)/p-1. The molecule has 0 saturated carbocycles. The first-order valence-electron chi connectivity index (χ1n) is 6.02. The van der Waals surface area contributed by atoms with Crippen molar-refractivity contribution in [1.29, 1.82) is 0 Å². The Hall–Kier alpha value is -0.420. The van der Waals surface area contributed by atoms with Gasteiger partial charge in [0.2, 0.25) is 0 Å². The Kier molecular flexibility index (Phi) is 7.71. The molecular formula is C11H22O6P-. The van der Waals surface area contributed by atoms with Crippen LogP contribution >= 0.6 is 7.82 Å². The van der Waals surface area contributed by atoms with Gasteiger partial charge in [-0.2, -0.15) is 0 Å². The monoisotopic (exact) mass is 281 g/mol. The van der Waals surface area contributed by atoms with Crippen LogP contribution in [0, 0.1) is 5.41 Å². The van der Waals surface area contributed by atoms with Crippen molar-refractivity contribution in [3.63, 3.8) is 0 Å². The van der Waals surface area contributed by atoms with Crippen molar-refractivity contribution in [3.05, 3.63) is 0 Å². The van der Waals surface area contributed by atoms with Crippen LogP contribution in [-0.4, -0.2) is 25.8 Å². The van der Waals surface area contributed by atoms with Gasteiger partial charge in [0.15, 0.2) is 0 Å². The van der Waals surface area contributed by atoms with Crippen molar-refractivity contribution in [2.75, 3.05) is 19.8 Å². The van der Waals surface area contributed by atoms with Gasteiger partial charge in [-0.1, -0.05) is 13.8 Å². The van der Waals surface area contributed by atoms with Crippen LogP contribution in [0.4, 0.5) is 0 Å². The van der Waals surface area contributed by atoms with Crippen LogP contribution in [0.1, 0.15) is 40.5 Å². The zero-order chi connectivity index (χ0) is 14.2. The van der Waals surface area contributed by atoms with Crippen LogP contribution in [-0.2, 0) is 23.1 Å². The molecule has 1 unspecified atom stereocenters. The molecular weight excluding hydrogens is 259 g/mol. The topological polar surface area (TPSA) is 84.9 Å². The average molecular weight is 281 g/mol. The number of ether oxygens (including phenoxy) is 1. The van der Waals surface area contributed by atoms with E-state index in [1.165, 1.54) is 0 Å². The van der Waals surface area contributed by atoms with Gasteiger partial charge >= 0.3 is 5.97 Å². The molecule has 6 nitrogen and oxygen atoms in total. The predicted octanol–water partition coefficient (Wildman–Crippen LogP) is 1.88. The summed E-state index contributed by atoms with van der Waals surface area (Å²) in [5.74, 6) is -0.371. The van der Waals surface area contributed by atoms with Crippen LogP contribution in [0.3, 0.4) is 0 Å². The quantitative estimate of drug-likeness (QED) is 0.364. The second-order valence-corrected chi connectivity index (χ2v) is 5.90. The fourth-order valence-electron chi connectivity index (χ4n) is 0.864. The molecule has 0 radical (unpaired) electrons. The van der Waals surface area contributed by atoms with Gasteiger partial charge in [0.1, 0.15) is 6.61 Å². The number of hydrogen-bond donors (Lipinski definition) is 0. The maximum absolute atomic E-state index is 11.5. The Morgan fingerprint density at radius 3 is 2.22 bits per heavy atom. The average Bonchev–Trinajstić information content (AvgIpc) is 2.31. The first-order valence-corrected chi connectivity index (χ1v) is 7.48. The van der Waals surface area contributed by atoms with Crippen LogP contribution < -0.4 is 4.89 Å². The lowest BCUT2D eigenvalue weighted by molar-refractivity contribution is -0.226. The van der Waals surface area contributed by atoms with Gasteiger partial charge in [-0.25, -0.2) is 0 Å². The molecule has 0 rings (SSSR count). The van der Waals surface area contributed by atoms with Crippen LogP contribution in [0.15, 0.2) is 0 Å². The van der Waals surface area contributed by atoms with E-state index in [2.05, 4.69) is 9.05 Å². The van der Waals surface area contributed by atoms with Gasteiger partial charge in [-0.15, -0.1) is 0 Å². The maximum Gasteiger partial charge on any atom is 0.311 e. The Balaban J connectivity index is 3.87. The van der Waals surface area contributed by atoms with E-state index < -0.39 is 13.2 Å². The summed E-state index contributed by atoms with van der Waals surface area (Å²) in [7, 11) is -4.26. The Morgan fingerprint density at radius 1 is 1.17 bits per heavy atom. The van der Waals surface area contributed by atoms with Crippen molar-refractivity contribution in [2.24, 2.45) is 5.41 Å². The number of phosphoric ester groups is 1. The molecule has 0 aliphatic heterocycles. The Labute approximate surface area is 108 Å². The second kappa shape index (κ2) is 7.89. The number of carbonyl (C=O) groups is 1. The van der Waals surface area contributed by atoms with Crippen molar-refractivity contribution in [2.45, 2.75) is 40.5 Å². The first kappa shape index (κ1) is 17.6. The SMILES string of the molecule is CCCOP(=O)([O-])OCCOC(=O)C(C)(C)CC. The summed E-state index contributed by atoms with van der Waals surface area (Å²) in [5.41, 5.74) is -0.570. The molecule has 0 amide bonds. The summed E-state index contributed by atoms with van der Waals surface area (Å²) < 4.78 is 25.1. The fraction of sp³-hybridized carbons (Fsp3) is 0.909. The van der Waals surface area contributed by atoms with Crippen LogP contribution in [0.25, 0.3) is 0 Å². The number of carbonyl (C=O) groups excluding carboxylic acids is 1. The smallest absolute Gasteiger partial charge is 0.311 e. The Morgan fingerprint density at radius 2 is 1.72 bits per heavy atom. The molecule has 1 atom stereocenters. The van der Waals surface area contributed by atoms with E-state index in [4.69, 9.17) is 4.74 Å². The van der Waals surface area contributed by atoms with E-state index in [-0.39, 0.29) is 25.8 Å². The molecule has 0 spiro atoms. The lowest BCUT2D eigenvalue weighted by Gasteiger charge is -2.23. The number of phosphoric acid groups is 1. The third-order valence-corrected chi connectivity index (χ3v) is 3.45. The van der Waals surface area contributed by atoms with Crippen molar-refractivity contribution >= 4 is 13.8 Å². The summed E-state index contributed by atoms with van der Waals surface area (Å²) in [4.78, 5) is 22.7. The highest BCUT2D eigenvalue weighted by atomic mass is 31.2. The second-order valence-electron chi connectivity index (χ2n) is 4.49. The van der Waals surface area contributed by atoms with Gasteiger partial charge in [-0.05, 0) is 26.7 Å². The number of esters is 1. The molecule has 0 aromatic heterocycles. The molecule has 0 aliphatic rings. The molecule has 18 heavy (non-hydrogen) atoms. The van der Waals surface area contributed by atoms with Gasteiger partial charge < -0.3 is 18.7 Å². The van der Waals surface area contributed by atoms with Crippen molar-refractivity contribution in [3.8, 4) is 0 Å². The molecule has 0 aliphatic carbocycles. The fourth-order valence-corrected chi connectivity index (χ4v) is 1.64. The molecule has 108 valence electrons. The van der Waals surface area contributed by atoms with E-state index in [9.17, 15) is 14.3 Å². The third kappa shape index (κ3) is 7.11. The molecule has 7 heteroatoms. The first-order chi connectivity index (χ1) is 8.25. The number of hydrogen-bond acceptors (Lipinski definition) is 6. The Bertz CT molecular complexity index is 302. The molecule has 0 aromatic rings. The lowest BCUT2D eigenvalue weighted by Crippen LogP contribution is -2.27. The van der Waals surface area contributed by atoms with Gasteiger partial charge in [0.05, 0.1) is 18.6 Å². The summed E-state index contributed by atoms with van der Waals surface area (Å²) in [6, 6.07) is 0. The van der Waals surface area contributed by atoms with E-state index >= 15 is 0 Å². The molecule has 0 saturated heterocycles. The summed E-state index contributed by atoms with van der Waals surface area (Å²) in [6.07, 6.45) is 1.22. The maximum atomic E-state index is 11.5. The largest absolute Gasteiger partial charge is 0.756 e. The summed E-state index contributed by atoms with van der Waals surface area (Å²) in [6.45, 7) is 6.94. The van der Waals surface area contributed by atoms with Gasteiger partial charge in [0, 0.05) is 0 Å². The molecule has 0 bridgehead atoms. The zero-order valence-electron chi connectivity index (χ0n) is 11.4. The lowest BCUT2D eigenvalue weighted by atomic mass is 9.91. The molecule has 0 heterocycles. The third-order valence-electron chi connectivity index (χ3n) is 2.46. The molecule has 0 aromatic carbocycles. The number of rotatable bonds is 9. The van der Waals surface area contributed by atoms with E-state index in [1.807, 2.05) is 6.92 Å². The molecule has 0 fully saturated rings. The van der Waals surface area contributed by atoms with E-state index in [0.717, 1.165) is 0 Å². The molecule has 0 N–H and O–H groups in total. The zero-order valence-corrected chi connectivity index (χ0v) is 12.3. The normalized spacial score (nSPS) is 15.2. The predicted molar refractivity (Wildman–Crippen MR) is 64.8 cm³/mol. The highest BCUT2D eigenvalue weighted by Crippen LogP contribution is 2.37. The minimum absolute atomic E-state index is 0.0867. The van der Waals surface area contributed by atoms with Crippen LogP contribution in [0.5, 0.6) is 0 Å². The van der Waals surface area contributed by atoms with Gasteiger partial charge in [-0.3, -0.25) is 9.36 Å². The van der Waals surface area contributed by atoms with Gasteiger partial charge in [0.25, 0.3) is 7.82 Å². The van der Waals surface area contributed by atoms with E-state index in [0.29, 0.717) is 12.8 Å². The highest BCUT2D eigenvalue weighted by Gasteiger charge is 2.26. The summed E-state index contributed by atoms with van der Waals surface area (Å²) >= 11 is 0. The van der Waals surface area contributed by atoms with Crippen molar-refractivity contribution < 1.29 is 28.0 Å². The van der Waals surface area contributed by atoms with E-state index in [1.54, 1.807) is 20.8 Å².